The largest absolute Gasteiger partial charge is 0.351 e. The highest BCUT2D eigenvalue weighted by Gasteiger charge is 2.33. The number of rotatable bonds is 2. The molecule has 6 heteroatoms. The molecule has 2 saturated heterocycles. The van der Waals surface area contributed by atoms with E-state index in [9.17, 15) is 0 Å². The van der Waals surface area contributed by atoms with Gasteiger partial charge in [-0.1, -0.05) is 0 Å². The van der Waals surface area contributed by atoms with Crippen molar-refractivity contribution in [2.45, 2.75) is 43.8 Å². The molecule has 0 aromatic carbocycles. The van der Waals surface area contributed by atoms with Gasteiger partial charge in [0, 0.05) is 30.5 Å². The van der Waals surface area contributed by atoms with Crippen molar-refractivity contribution in [3.8, 4) is 0 Å². The summed E-state index contributed by atoms with van der Waals surface area (Å²) >= 11 is 0. The van der Waals surface area contributed by atoms with E-state index in [2.05, 4.69) is 20.6 Å². The van der Waals surface area contributed by atoms with Crippen molar-refractivity contribution in [2.75, 3.05) is 5.32 Å². The first kappa shape index (κ1) is 14.5. The molecule has 0 radical (unpaired) electrons. The van der Waals surface area contributed by atoms with Crippen LogP contribution in [0.25, 0.3) is 0 Å². The van der Waals surface area contributed by atoms with E-state index < -0.39 is 0 Å². The summed E-state index contributed by atoms with van der Waals surface area (Å²) < 4.78 is 0. The normalized spacial score (nSPS) is 30.0. The lowest BCUT2D eigenvalue weighted by molar-refractivity contribution is 0.377. The average molecular weight is 277 g/mol. The summed E-state index contributed by atoms with van der Waals surface area (Å²) in [7, 11) is 0. The Morgan fingerprint density at radius 1 is 1.06 bits per heavy atom. The van der Waals surface area contributed by atoms with Crippen LogP contribution in [0.5, 0.6) is 0 Å². The van der Waals surface area contributed by atoms with Gasteiger partial charge in [-0.2, -0.15) is 0 Å². The molecule has 0 amide bonds. The molecule has 2 bridgehead atoms. The highest BCUT2D eigenvalue weighted by molar-refractivity contribution is 5.85. The highest BCUT2D eigenvalue weighted by atomic mass is 35.5. The second kappa shape index (κ2) is 6.38. The lowest BCUT2D eigenvalue weighted by Gasteiger charge is -2.29. The van der Waals surface area contributed by atoms with E-state index in [4.69, 9.17) is 0 Å². The van der Waals surface area contributed by atoms with Crippen LogP contribution in [0.15, 0.2) is 18.5 Å². The Morgan fingerprint density at radius 3 is 2.24 bits per heavy atom. The summed E-state index contributed by atoms with van der Waals surface area (Å²) in [5.41, 5.74) is 0. The van der Waals surface area contributed by atoms with Crippen molar-refractivity contribution >= 4 is 30.8 Å². The van der Waals surface area contributed by atoms with Crippen LogP contribution in [0.3, 0.4) is 0 Å². The smallest absolute Gasteiger partial charge is 0.222 e. The molecule has 96 valence electrons. The maximum Gasteiger partial charge on any atom is 0.222 e. The third-order valence-corrected chi connectivity index (χ3v) is 3.37. The molecule has 4 nitrogen and oxygen atoms in total. The van der Waals surface area contributed by atoms with Crippen LogP contribution in [0.4, 0.5) is 5.95 Å². The van der Waals surface area contributed by atoms with Crippen LogP contribution in [0.2, 0.25) is 0 Å². The Balaban J connectivity index is 0.000000722. The Morgan fingerprint density at radius 2 is 1.65 bits per heavy atom. The van der Waals surface area contributed by atoms with Gasteiger partial charge in [0.15, 0.2) is 0 Å². The van der Waals surface area contributed by atoms with Gasteiger partial charge in [0.2, 0.25) is 5.95 Å². The molecule has 1 aromatic heterocycles. The summed E-state index contributed by atoms with van der Waals surface area (Å²) in [4.78, 5) is 8.40. The van der Waals surface area contributed by atoms with Gasteiger partial charge >= 0.3 is 0 Å². The van der Waals surface area contributed by atoms with Crippen molar-refractivity contribution < 1.29 is 0 Å². The number of aromatic nitrogens is 2. The lowest BCUT2D eigenvalue weighted by atomic mass is 10.0. The Bertz CT molecular complexity index is 324. The summed E-state index contributed by atoms with van der Waals surface area (Å²) in [6, 6.07) is 3.82. The minimum Gasteiger partial charge on any atom is -0.351 e. The molecule has 3 rings (SSSR count). The number of anilines is 1. The summed E-state index contributed by atoms with van der Waals surface area (Å²) in [5.74, 6) is 0.767. The van der Waals surface area contributed by atoms with E-state index >= 15 is 0 Å². The fraction of sp³-hybridized carbons (Fsp3) is 0.636. The molecule has 0 spiro atoms. The molecule has 2 fully saturated rings. The lowest BCUT2D eigenvalue weighted by Crippen LogP contribution is -2.43. The number of hydrogen-bond donors (Lipinski definition) is 2. The summed E-state index contributed by atoms with van der Waals surface area (Å²) in [5, 5.41) is 7.04. The number of nitrogens with zero attached hydrogens (tertiary/aromatic N) is 2. The first-order chi connectivity index (χ1) is 7.40. The van der Waals surface area contributed by atoms with Crippen LogP contribution >= 0.6 is 24.8 Å². The van der Waals surface area contributed by atoms with Crippen LogP contribution < -0.4 is 10.6 Å². The van der Waals surface area contributed by atoms with Crippen LogP contribution in [0, 0.1) is 0 Å². The van der Waals surface area contributed by atoms with Crippen molar-refractivity contribution in [2.24, 2.45) is 0 Å². The Kier molecular flexibility index (Phi) is 5.43. The molecule has 0 saturated carbocycles. The van der Waals surface area contributed by atoms with E-state index in [1.807, 2.05) is 6.07 Å². The molecule has 17 heavy (non-hydrogen) atoms. The quantitative estimate of drug-likeness (QED) is 0.868. The van der Waals surface area contributed by atoms with E-state index in [-0.39, 0.29) is 24.8 Å². The second-order valence-corrected chi connectivity index (χ2v) is 4.52. The van der Waals surface area contributed by atoms with Crippen LogP contribution in [0.1, 0.15) is 25.7 Å². The number of hydrogen-bond acceptors (Lipinski definition) is 4. The van der Waals surface area contributed by atoms with E-state index in [1.54, 1.807) is 12.4 Å². The molecule has 1 aromatic rings. The zero-order valence-corrected chi connectivity index (χ0v) is 11.1. The third kappa shape index (κ3) is 3.44. The number of piperidine rings is 1. The van der Waals surface area contributed by atoms with Gasteiger partial charge in [-0.3, -0.25) is 0 Å². The molecule has 2 aliphatic heterocycles. The van der Waals surface area contributed by atoms with Crippen molar-refractivity contribution in [1.82, 2.24) is 15.3 Å². The van der Waals surface area contributed by atoms with Gasteiger partial charge in [-0.05, 0) is 31.7 Å². The highest BCUT2D eigenvalue weighted by Crippen LogP contribution is 2.27. The van der Waals surface area contributed by atoms with Gasteiger partial charge < -0.3 is 10.6 Å². The zero-order valence-electron chi connectivity index (χ0n) is 9.50. The van der Waals surface area contributed by atoms with E-state index in [0.29, 0.717) is 18.1 Å². The first-order valence-electron chi connectivity index (χ1n) is 5.70. The Labute approximate surface area is 114 Å². The third-order valence-electron chi connectivity index (χ3n) is 3.37. The number of nitrogens with one attached hydrogen (secondary N) is 2. The second-order valence-electron chi connectivity index (χ2n) is 4.52. The van der Waals surface area contributed by atoms with Crippen molar-refractivity contribution in [3.63, 3.8) is 0 Å². The number of fused-ring (bicyclic) bond motifs is 2. The standard InChI is InChI=1S/C11H16N4.2ClH/c1-4-12-11(13-5-1)15-10-6-8-2-3-9(7-10)14-8;;/h1,4-5,8-10,14H,2-3,6-7H2,(H,12,13,15);2*1H. The maximum absolute atomic E-state index is 4.20. The number of halogens is 2. The predicted molar refractivity (Wildman–Crippen MR) is 73.1 cm³/mol. The molecule has 3 heterocycles. The summed E-state index contributed by atoms with van der Waals surface area (Å²) in [6.07, 6.45) is 8.64. The summed E-state index contributed by atoms with van der Waals surface area (Å²) in [6.45, 7) is 0. The van der Waals surface area contributed by atoms with Gasteiger partial charge in [0.05, 0.1) is 0 Å². The van der Waals surface area contributed by atoms with Crippen molar-refractivity contribution in [3.05, 3.63) is 18.5 Å². The Hall–Kier alpha value is -0.580. The van der Waals surface area contributed by atoms with Gasteiger partial charge in [0.25, 0.3) is 0 Å². The molecule has 2 unspecified atom stereocenters. The fourth-order valence-corrected chi connectivity index (χ4v) is 2.73. The molecule has 2 N–H and O–H groups in total. The van der Waals surface area contributed by atoms with Gasteiger partial charge in [0.1, 0.15) is 0 Å². The fourth-order valence-electron chi connectivity index (χ4n) is 2.73. The molecular formula is C11H18Cl2N4. The minimum absolute atomic E-state index is 0. The van der Waals surface area contributed by atoms with Gasteiger partial charge in [-0.25, -0.2) is 9.97 Å². The average Bonchev–Trinajstić information content (AvgIpc) is 2.60. The first-order valence-corrected chi connectivity index (χ1v) is 5.70. The molecule has 2 atom stereocenters. The zero-order chi connectivity index (χ0) is 10.1. The maximum atomic E-state index is 4.20. The van der Waals surface area contributed by atoms with Crippen LogP contribution in [-0.2, 0) is 0 Å². The SMILES string of the molecule is Cl.Cl.c1cnc(NC2CC3CCC(C2)N3)nc1. The van der Waals surface area contributed by atoms with Crippen molar-refractivity contribution in [1.29, 1.82) is 0 Å². The molecule has 0 aliphatic carbocycles. The van der Waals surface area contributed by atoms with E-state index in [0.717, 1.165) is 5.95 Å². The minimum atomic E-state index is 0. The molecule has 2 aliphatic rings. The van der Waals surface area contributed by atoms with Crippen LogP contribution in [-0.4, -0.2) is 28.1 Å². The van der Waals surface area contributed by atoms with E-state index in [1.165, 1.54) is 25.7 Å². The molecular weight excluding hydrogens is 259 g/mol. The monoisotopic (exact) mass is 276 g/mol. The topological polar surface area (TPSA) is 49.8 Å². The predicted octanol–water partition coefficient (Wildman–Crippen LogP) is 2.02. The van der Waals surface area contributed by atoms with Gasteiger partial charge in [-0.15, -0.1) is 24.8 Å².